The molecule has 0 aliphatic heterocycles. The van der Waals surface area contributed by atoms with Gasteiger partial charge < -0.3 is 5.32 Å². The van der Waals surface area contributed by atoms with Crippen molar-refractivity contribution in [2.75, 3.05) is 0 Å². The molecule has 20 heavy (non-hydrogen) atoms. The minimum Gasteiger partial charge on any atom is -0.353 e. The van der Waals surface area contributed by atoms with E-state index in [-0.39, 0.29) is 5.91 Å². The highest BCUT2D eigenvalue weighted by Gasteiger charge is 2.41. The van der Waals surface area contributed by atoms with Crippen LogP contribution in [0.4, 0.5) is 0 Å². The Kier molecular flexibility index (Phi) is 4.45. The Labute approximate surface area is 126 Å². The fourth-order valence-electron chi connectivity index (χ4n) is 4.22. The lowest BCUT2D eigenvalue weighted by atomic mass is 9.84. The maximum absolute atomic E-state index is 12.0. The van der Waals surface area contributed by atoms with E-state index in [1.54, 1.807) is 11.3 Å². The van der Waals surface area contributed by atoms with Crippen LogP contribution in [0.5, 0.6) is 0 Å². The zero-order chi connectivity index (χ0) is 13.9. The van der Waals surface area contributed by atoms with Crippen molar-refractivity contribution < 1.29 is 4.79 Å². The molecule has 1 amide bonds. The van der Waals surface area contributed by atoms with Crippen LogP contribution in [0.1, 0.15) is 50.3 Å². The van der Waals surface area contributed by atoms with Crippen LogP contribution in [-0.2, 0) is 11.2 Å². The number of amides is 1. The van der Waals surface area contributed by atoms with Gasteiger partial charge >= 0.3 is 0 Å². The van der Waals surface area contributed by atoms with Crippen LogP contribution < -0.4 is 5.32 Å². The summed E-state index contributed by atoms with van der Waals surface area (Å²) < 4.78 is 0. The van der Waals surface area contributed by atoms with Crippen LogP contribution in [0.2, 0.25) is 0 Å². The highest BCUT2D eigenvalue weighted by molar-refractivity contribution is 7.09. The van der Waals surface area contributed by atoms with Crippen LogP contribution in [0, 0.1) is 17.8 Å². The Balaban J connectivity index is 1.38. The molecular formula is C17H25NOS. The first-order chi connectivity index (χ1) is 9.72. The summed E-state index contributed by atoms with van der Waals surface area (Å²) in [5.41, 5.74) is 0. The second kappa shape index (κ2) is 6.30. The largest absolute Gasteiger partial charge is 0.353 e. The van der Waals surface area contributed by atoms with Gasteiger partial charge in [0.15, 0.2) is 0 Å². The van der Waals surface area contributed by atoms with Gasteiger partial charge in [-0.3, -0.25) is 4.79 Å². The van der Waals surface area contributed by atoms with Crippen molar-refractivity contribution in [3.63, 3.8) is 0 Å². The van der Waals surface area contributed by atoms with Crippen molar-refractivity contribution in [3.8, 4) is 0 Å². The molecule has 2 bridgehead atoms. The van der Waals surface area contributed by atoms with Crippen LogP contribution in [0.3, 0.4) is 0 Å². The fourth-order valence-corrected chi connectivity index (χ4v) is 4.97. The molecule has 0 radical (unpaired) electrons. The molecular weight excluding hydrogens is 266 g/mol. The van der Waals surface area contributed by atoms with E-state index in [9.17, 15) is 4.79 Å². The smallest absolute Gasteiger partial charge is 0.220 e. The highest BCUT2D eigenvalue weighted by atomic mass is 32.1. The van der Waals surface area contributed by atoms with E-state index in [0.29, 0.717) is 12.5 Å². The number of fused-ring (bicyclic) bond motifs is 2. The molecule has 0 unspecified atom stereocenters. The number of aryl methyl sites for hydroxylation is 1. The number of rotatable bonds is 6. The summed E-state index contributed by atoms with van der Waals surface area (Å²) in [5.74, 6) is 2.84. The number of carbonyl (C=O) groups excluding carboxylic acids is 1. The third kappa shape index (κ3) is 3.25. The van der Waals surface area contributed by atoms with E-state index in [1.807, 2.05) is 0 Å². The van der Waals surface area contributed by atoms with E-state index in [2.05, 4.69) is 29.8 Å². The Morgan fingerprint density at radius 3 is 3.00 bits per heavy atom. The predicted octanol–water partition coefficient (Wildman–Crippen LogP) is 4.01. The molecule has 1 heterocycles. The normalized spacial score (nSPS) is 29.6. The molecule has 1 aromatic rings. The van der Waals surface area contributed by atoms with Gasteiger partial charge in [0.25, 0.3) is 0 Å². The molecule has 110 valence electrons. The van der Waals surface area contributed by atoms with Gasteiger partial charge in [0.1, 0.15) is 0 Å². The van der Waals surface area contributed by atoms with Gasteiger partial charge in [0.05, 0.1) is 0 Å². The molecule has 2 aliphatic rings. The zero-order valence-electron chi connectivity index (χ0n) is 12.3. The monoisotopic (exact) mass is 291 g/mol. The third-order valence-electron chi connectivity index (χ3n) is 5.23. The van der Waals surface area contributed by atoms with Crippen LogP contribution >= 0.6 is 11.3 Å². The van der Waals surface area contributed by atoms with E-state index >= 15 is 0 Å². The first-order valence-corrected chi connectivity index (χ1v) is 8.92. The van der Waals surface area contributed by atoms with Gasteiger partial charge in [-0.2, -0.15) is 0 Å². The third-order valence-corrected chi connectivity index (χ3v) is 6.17. The van der Waals surface area contributed by atoms with E-state index in [0.717, 1.165) is 30.6 Å². The Hall–Kier alpha value is -0.830. The van der Waals surface area contributed by atoms with Gasteiger partial charge in [0.2, 0.25) is 5.91 Å². The number of hydrogen-bond donors (Lipinski definition) is 1. The second-order valence-electron chi connectivity index (χ2n) is 6.63. The SMILES string of the molecule is C[C@@H](NC(=O)CCCc1cccs1)[C@H]1C[C@H]2CC[C@H]1C2. The lowest BCUT2D eigenvalue weighted by Crippen LogP contribution is -2.40. The average Bonchev–Trinajstić information content (AvgIpc) is 3.15. The maximum atomic E-state index is 12.0. The van der Waals surface area contributed by atoms with Gasteiger partial charge in [-0.1, -0.05) is 12.5 Å². The summed E-state index contributed by atoms with van der Waals surface area (Å²) in [6.07, 6.45) is 8.27. The molecule has 3 heteroatoms. The van der Waals surface area contributed by atoms with Crippen LogP contribution in [0.25, 0.3) is 0 Å². The first kappa shape index (κ1) is 14.1. The molecule has 2 saturated carbocycles. The summed E-state index contributed by atoms with van der Waals surface area (Å²) in [4.78, 5) is 13.4. The number of thiophene rings is 1. The zero-order valence-corrected chi connectivity index (χ0v) is 13.1. The summed E-state index contributed by atoms with van der Waals surface area (Å²) >= 11 is 1.79. The molecule has 2 fully saturated rings. The summed E-state index contributed by atoms with van der Waals surface area (Å²) in [5, 5.41) is 5.36. The summed E-state index contributed by atoms with van der Waals surface area (Å²) in [6, 6.07) is 4.61. The minimum absolute atomic E-state index is 0.247. The Bertz CT molecular complexity index is 442. The molecule has 3 rings (SSSR count). The summed E-state index contributed by atoms with van der Waals surface area (Å²) in [7, 11) is 0. The predicted molar refractivity (Wildman–Crippen MR) is 83.8 cm³/mol. The topological polar surface area (TPSA) is 29.1 Å². The van der Waals surface area contributed by atoms with Crippen molar-refractivity contribution in [2.45, 2.75) is 57.9 Å². The fraction of sp³-hybridized carbons (Fsp3) is 0.706. The minimum atomic E-state index is 0.247. The van der Waals surface area contributed by atoms with Crippen molar-refractivity contribution >= 4 is 17.2 Å². The lowest BCUT2D eigenvalue weighted by Gasteiger charge is -2.28. The van der Waals surface area contributed by atoms with Crippen LogP contribution in [-0.4, -0.2) is 11.9 Å². The van der Waals surface area contributed by atoms with Gasteiger partial charge in [-0.05, 0) is 68.2 Å². The summed E-state index contributed by atoms with van der Waals surface area (Å²) in [6.45, 7) is 2.21. The molecule has 1 aromatic heterocycles. The number of nitrogens with one attached hydrogen (secondary N) is 1. The van der Waals surface area contributed by atoms with Crippen molar-refractivity contribution in [3.05, 3.63) is 22.4 Å². The molecule has 4 atom stereocenters. The molecule has 2 nitrogen and oxygen atoms in total. The lowest BCUT2D eigenvalue weighted by molar-refractivity contribution is -0.122. The first-order valence-electron chi connectivity index (χ1n) is 8.04. The molecule has 1 N–H and O–H groups in total. The Morgan fingerprint density at radius 1 is 1.45 bits per heavy atom. The van der Waals surface area contributed by atoms with Crippen molar-refractivity contribution in [1.29, 1.82) is 0 Å². The van der Waals surface area contributed by atoms with Crippen molar-refractivity contribution in [2.24, 2.45) is 17.8 Å². The van der Waals surface area contributed by atoms with E-state index in [4.69, 9.17) is 0 Å². The van der Waals surface area contributed by atoms with E-state index < -0.39 is 0 Å². The molecule has 0 saturated heterocycles. The number of hydrogen-bond acceptors (Lipinski definition) is 2. The number of carbonyl (C=O) groups is 1. The van der Waals surface area contributed by atoms with Gasteiger partial charge in [-0.25, -0.2) is 0 Å². The average molecular weight is 291 g/mol. The van der Waals surface area contributed by atoms with Gasteiger partial charge in [0, 0.05) is 17.3 Å². The van der Waals surface area contributed by atoms with Crippen molar-refractivity contribution in [1.82, 2.24) is 5.32 Å². The van der Waals surface area contributed by atoms with E-state index in [1.165, 1.54) is 30.6 Å². The maximum Gasteiger partial charge on any atom is 0.220 e. The Morgan fingerprint density at radius 2 is 2.35 bits per heavy atom. The highest BCUT2D eigenvalue weighted by Crippen LogP contribution is 2.49. The molecule has 0 spiro atoms. The standard InChI is InChI=1S/C17H25NOS/c1-12(16-11-13-7-8-14(16)10-13)18-17(19)6-2-4-15-5-3-9-20-15/h3,5,9,12-14,16H,2,4,6-8,10-11H2,1H3,(H,18,19)/t12-,13+,14+,16-/m1/s1. The second-order valence-corrected chi connectivity index (χ2v) is 7.66. The van der Waals surface area contributed by atoms with Gasteiger partial charge in [-0.15, -0.1) is 11.3 Å². The quantitative estimate of drug-likeness (QED) is 0.843. The van der Waals surface area contributed by atoms with Crippen LogP contribution in [0.15, 0.2) is 17.5 Å². The molecule has 2 aliphatic carbocycles. The molecule has 0 aromatic carbocycles.